The third-order valence-corrected chi connectivity index (χ3v) is 4.26. The van der Waals surface area contributed by atoms with Crippen molar-refractivity contribution in [3.8, 4) is 0 Å². The smallest absolute Gasteiger partial charge is 0.250 e. The van der Waals surface area contributed by atoms with Crippen molar-refractivity contribution in [2.45, 2.75) is 6.61 Å². The molecule has 0 spiro atoms. The molecule has 0 bridgehead atoms. The van der Waals surface area contributed by atoms with Crippen LogP contribution in [0.25, 0.3) is 0 Å². The van der Waals surface area contributed by atoms with Gasteiger partial charge in [-0.3, -0.25) is 9.59 Å². The molecule has 0 saturated carbocycles. The molecule has 3 aromatic rings. The van der Waals surface area contributed by atoms with E-state index in [9.17, 15) is 9.59 Å². The van der Waals surface area contributed by atoms with Crippen LogP contribution in [0.5, 0.6) is 0 Å². The fourth-order valence-corrected chi connectivity index (χ4v) is 2.75. The van der Waals surface area contributed by atoms with Crippen LogP contribution in [-0.2, 0) is 16.1 Å². The van der Waals surface area contributed by atoms with Gasteiger partial charge in [-0.15, -0.1) is 0 Å². The fourth-order valence-electron chi connectivity index (χ4n) is 2.56. The predicted octanol–water partition coefficient (Wildman–Crippen LogP) is 4.73. The highest BCUT2D eigenvalue weighted by atomic mass is 35.5. The highest BCUT2D eigenvalue weighted by molar-refractivity contribution is 6.31. The molecule has 0 radical (unpaired) electrons. The van der Waals surface area contributed by atoms with Crippen LogP contribution in [0.15, 0.2) is 78.9 Å². The lowest BCUT2D eigenvalue weighted by Gasteiger charge is -2.09. The largest absolute Gasteiger partial charge is 0.367 e. The molecule has 0 aromatic heterocycles. The van der Waals surface area contributed by atoms with Crippen molar-refractivity contribution >= 4 is 29.0 Å². The molecule has 0 aliphatic rings. The first kappa shape index (κ1) is 18.8. The summed E-state index contributed by atoms with van der Waals surface area (Å²) in [4.78, 5) is 24.6. The quantitative estimate of drug-likeness (QED) is 0.604. The van der Waals surface area contributed by atoms with Gasteiger partial charge in [-0.2, -0.15) is 0 Å². The van der Waals surface area contributed by atoms with E-state index in [1.165, 1.54) is 0 Å². The van der Waals surface area contributed by atoms with Gasteiger partial charge in [0.1, 0.15) is 6.61 Å². The number of ketones is 1. The maximum absolute atomic E-state index is 12.5. The standard InChI is InChI=1S/C22H18ClNO3/c23-20-12-5-4-9-18(20)14-27-15-21(25)24-19-11-6-10-17(13-19)22(26)16-7-2-1-3-8-16/h1-13H,14-15H2,(H,24,25). The zero-order valence-corrected chi connectivity index (χ0v) is 15.3. The Morgan fingerprint density at radius 2 is 1.56 bits per heavy atom. The maximum Gasteiger partial charge on any atom is 0.250 e. The molecule has 0 saturated heterocycles. The summed E-state index contributed by atoms with van der Waals surface area (Å²) < 4.78 is 5.42. The molecule has 0 unspecified atom stereocenters. The Morgan fingerprint density at radius 3 is 2.33 bits per heavy atom. The number of hydrogen-bond acceptors (Lipinski definition) is 3. The number of carbonyl (C=O) groups excluding carboxylic acids is 2. The number of amides is 1. The number of anilines is 1. The van der Waals surface area contributed by atoms with Crippen molar-refractivity contribution in [1.29, 1.82) is 0 Å². The summed E-state index contributed by atoms with van der Waals surface area (Å²) in [5, 5.41) is 3.34. The summed E-state index contributed by atoms with van der Waals surface area (Å²) in [5.41, 5.74) is 2.48. The Bertz CT molecular complexity index is 941. The Balaban J connectivity index is 1.57. The van der Waals surface area contributed by atoms with Gasteiger partial charge in [0, 0.05) is 21.8 Å². The first-order valence-electron chi connectivity index (χ1n) is 8.44. The lowest BCUT2D eigenvalue weighted by atomic mass is 10.0. The van der Waals surface area contributed by atoms with Crippen LogP contribution in [-0.4, -0.2) is 18.3 Å². The van der Waals surface area contributed by atoms with E-state index in [0.717, 1.165) is 5.56 Å². The van der Waals surface area contributed by atoms with E-state index < -0.39 is 0 Å². The molecule has 0 heterocycles. The van der Waals surface area contributed by atoms with E-state index in [2.05, 4.69) is 5.32 Å². The van der Waals surface area contributed by atoms with Crippen molar-refractivity contribution in [1.82, 2.24) is 0 Å². The van der Waals surface area contributed by atoms with Crippen LogP contribution < -0.4 is 5.32 Å². The SMILES string of the molecule is O=C(COCc1ccccc1Cl)Nc1cccc(C(=O)c2ccccc2)c1. The third-order valence-electron chi connectivity index (χ3n) is 3.89. The van der Waals surface area contributed by atoms with Crippen molar-refractivity contribution in [2.24, 2.45) is 0 Å². The molecule has 0 aliphatic carbocycles. The molecule has 3 aromatic carbocycles. The molecule has 0 aliphatic heterocycles. The van der Waals surface area contributed by atoms with Crippen LogP contribution in [0.4, 0.5) is 5.69 Å². The molecule has 4 nitrogen and oxygen atoms in total. The average Bonchev–Trinajstić information content (AvgIpc) is 2.70. The molecular formula is C22H18ClNO3. The summed E-state index contributed by atoms with van der Waals surface area (Å²) in [5.74, 6) is -0.395. The number of benzene rings is 3. The molecule has 0 atom stereocenters. The summed E-state index contributed by atoms with van der Waals surface area (Å²) in [6.07, 6.45) is 0. The molecule has 0 fully saturated rings. The zero-order chi connectivity index (χ0) is 19.1. The second-order valence-electron chi connectivity index (χ2n) is 5.91. The van der Waals surface area contributed by atoms with Crippen LogP contribution in [0, 0.1) is 0 Å². The number of hydrogen-bond donors (Lipinski definition) is 1. The van der Waals surface area contributed by atoms with Crippen molar-refractivity contribution < 1.29 is 14.3 Å². The van der Waals surface area contributed by atoms with Gasteiger partial charge in [-0.05, 0) is 23.8 Å². The van der Waals surface area contributed by atoms with Gasteiger partial charge in [0.05, 0.1) is 6.61 Å². The molecular weight excluding hydrogens is 362 g/mol. The maximum atomic E-state index is 12.5. The van der Waals surface area contributed by atoms with Crippen molar-refractivity contribution in [3.63, 3.8) is 0 Å². The predicted molar refractivity (Wildman–Crippen MR) is 106 cm³/mol. The second kappa shape index (κ2) is 9.12. The van der Waals surface area contributed by atoms with Crippen LogP contribution in [0.2, 0.25) is 5.02 Å². The fraction of sp³-hybridized carbons (Fsp3) is 0.0909. The minimum atomic E-state index is -0.300. The van der Waals surface area contributed by atoms with Gasteiger partial charge in [-0.1, -0.05) is 72.3 Å². The van der Waals surface area contributed by atoms with Gasteiger partial charge in [0.15, 0.2) is 5.78 Å². The second-order valence-corrected chi connectivity index (χ2v) is 6.32. The van der Waals surface area contributed by atoms with E-state index in [1.807, 2.05) is 36.4 Å². The minimum Gasteiger partial charge on any atom is -0.367 e. The lowest BCUT2D eigenvalue weighted by molar-refractivity contribution is -0.121. The molecule has 1 N–H and O–H groups in total. The van der Waals surface area contributed by atoms with Gasteiger partial charge < -0.3 is 10.1 Å². The van der Waals surface area contributed by atoms with Crippen molar-refractivity contribution in [2.75, 3.05) is 11.9 Å². The van der Waals surface area contributed by atoms with Gasteiger partial charge >= 0.3 is 0 Å². The average molecular weight is 380 g/mol. The summed E-state index contributed by atoms with van der Waals surface area (Å²) in [6, 6.07) is 23.2. The van der Waals surface area contributed by atoms with Crippen LogP contribution >= 0.6 is 11.6 Å². The van der Waals surface area contributed by atoms with E-state index >= 15 is 0 Å². The Kier molecular flexibility index (Phi) is 6.36. The molecule has 27 heavy (non-hydrogen) atoms. The molecule has 136 valence electrons. The number of halogens is 1. The van der Waals surface area contributed by atoms with Gasteiger partial charge in [0.25, 0.3) is 0 Å². The van der Waals surface area contributed by atoms with Crippen LogP contribution in [0.1, 0.15) is 21.5 Å². The zero-order valence-electron chi connectivity index (χ0n) is 14.5. The molecule has 5 heteroatoms. The Hall–Kier alpha value is -2.95. The van der Waals surface area contributed by atoms with Crippen molar-refractivity contribution in [3.05, 3.63) is 101 Å². The highest BCUT2D eigenvalue weighted by Gasteiger charge is 2.10. The summed E-state index contributed by atoms with van der Waals surface area (Å²) in [6.45, 7) is 0.141. The third kappa shape index (κ3) is 5.26. The van der Waals surface area contributed by atoms with E-state index in [1.54, 1.807) is 42.5 Å². The number of rotatable bonds is 7. The first-order chi connectivity index (χ1) is 13.1. The molecule has 3 rings (SSSR count). The van der Waals surface area contributed by atoms with Gasteiger partial charge in [0.2, 0.25) is 5.91 Å². The number of nitrogens with one attached hydrogen (secondary N) is 1. The van der Waals surface area contributed by atoms with E-state index in [0.29, 0.717) is 21.8 Å². The normalized spacial score (nSPS) is 10.4. The first-order valence-corrected chi connectivity index (χ1v) is 8.82. The minimum absolute atomic E-state index is 0.0957. The lowest BCUT2D eigenvalue weighted by Crippen LogP contribution is -2.18. The Labute approximate surface area is 162 Å². The molecule has 1 amide bonds. The number of ether oxygens (including phenoxy) is 1. The number of carbonyl (C=O) groups is 2. The summed E-state index contributed by atoms with van der Waals surface area (Å²) >= 11 is 6.05. The Morgan fingerprint density at radius 1 is 0.852 bits per heavy atom. The van der Waals surface area contributed by atoms with Gasteiger partial charge in [-0.25, -0.2) is 0 Å². The highest BCUT2D eigenvalue weighted by Crippen LogP contribution is 2.17. The van der Waals surface area contributed by atoms with E-state index in [4.69, 9.17) is 16.3 Å². The van der Waals surface area contributed by atoms with Crippen LogP contribution in [0.3, 0.4) is 0 Å². The van der Waals surface area contributed by atoms with E-state index in [-0.39, 0.29) is 24.9 Å². The summed E-state index contributed by atoms with van der Waals surface area (Å²) in [7, 11) is 0. The monoisotopic (exact) mass is 379 g/mol. The topological polar surface area (TPSA) is 55.4 Å².